The first-order chi connectivity index (χ1) is 15.8. The molecule has 5 N–H and O–H groups in total. The lowest BCUT2D eigenvalue weighted by Gasteiger charge is -2.38. The van der Waals surface area contributed by atoms with Crippen LogP contribution < -0.4 is 21.3 Å². The van der Waals surface area contributed by atoms with Gasteiger partial charge in [0, 0.05) is 25.3 Å². The molecule has 174 valence electrons. The third kappa shape index (κ3) is 5.14. The van der Waals surface area contributed by atoms with Gasteiger partial charge in [-0.2, -0.15) is 0 Å². The molecule has 0 unspecified atom stereocenters. The molecule has 1 fully saturated rings. The maximum Gasteiger partial charge on any atom is 0.404 e. The van der Waals surface area contributed by atoms with Crippen LogP contribution in [-0.2, 0) is 6.54 Å². The molecule has 1 aliphatic rings. The maximum atomic E-state index is 14.1. The van der Waals surface area contributed by atoms with Crippen LogP contribution in [-0.4, -0.2) is 40.3 Å². The van der Waals surface area contributed by atoms with Gasteiger partial charge in [-0.3, -0.25) is 4.98 Å². The Labute approximate surface area is 193 Å². The Bertz CT molecular complexity index is 1140. The van der Waals surface area contributed by atoms with E-state index in [9.17, 15) is 13.6 Å². The van der Waals surface area contributed by atoms with Gasteiger partial charge in [-0.25, -0.2) is 18.6 Å². The van der Waals surface area contributed by atoms with Crippen molar-refractivity contribution in [3.8, 4) is 10.6 Å². The highest BCUT2D eigenvalue weighted by Gasteiger charge is 2.27. The summed E-state index contributed by atoms with van der Waals surface area (Å²) in [4.78, 5) is 21.8. The van der Waals surface area contributed by atoms with Crippen LogP contribution in [0.2, 0.25) is 0 Å². The number of aromatic nitrogens is 2. The number of anilines is 3. The second-order valence-electron chi connectivity index (χ2n) is 8.07. The average molecular weight is 475 g/mol. The Morgan fingerprint density at radius 2 is 2.06 bits per heavy atom. The molecule has 0 aliphatic carbocycles. The summed E-state index contributed by atoms with van der Waals surface area (Å²) in [5, 5.41) is 15.5. The number of nitrogens with two attached hydrogens (primary N) is 1. The molecule has 1 aromatic carbocycles. The number of nitrogen functional groups attached to an aromatic ring is 1. The molecule has 33 heavy (non-hydrogen) atoms. The van der Waals surface area contributed by atoms with E-state index >= 15 is 0 Å². The first-order valence-electron chi connectivity index (χ1n) is 10.4. The van der Waals surface area contributed by atoms with Crippen molar-refractivity contribution in [3.05, 3.63) is 54.0 Å². The fourth-order valence-corrected chi connectivity index (χ4v) is 5.00. The van der Waals surface area contributed by atoms with E-state index in [-0.39, 0.29) is 23.2 Å². The zero-order valence-electron chi connectivity index (χ0n) is 17.9. The van der Waals surface area contributed by atoms with Crippen molar-refractivity contribution in [1.82, 2.24) is 15.3 Å². The van der Waals surface area contributed by atoms with Crippen molar-refractivity contribution < 1.29 is 18.7 Å². The minimum absolute atomic E-state index is 0.179. The lowest BCUT2D eigenvalue weighted by atomic mass is 9.95. The minimum Gasteiger partial charge on any atom is -0.465 e. The summed E-state index contributed by atoms with van der Waals surface area (Å²) in [7, 11) is 0. The van der Waals surface area contributed by atoms with E-state index in [4.69, 9.17) is 10.8 Å². The highest BCUT2D eigenvalue weighted by Crippen LogP contribution is 2.34. The van der Waals surface area contributed by atoms with Gasteiger partial charge in [0.25, 0.3) is 0 Å². The Kier molecular flexibility index (Phi) is 6.59. The summed E-state index contributed by atoms with van der Waals surface area (Å²) in [5.74, 6) is -1.09. The number of piperidine rings is 1. The number of nitrogens with one attached hydrogen (secondary N) is 2. The number of benzene rings is 1. The van der Waals surface area contributed by atoms with Gasteiger partial charge in [0.2, 0.25) is 0 Å². The van der Waals surface area contributed by atoms with Gasteiger partial charge in [-0.1, -0.05) is 24.3 Å². The van der Waals surface area contributed by atoms with E-state index in [1.54, 1.807) is 12.4 Å². The molecule has 3 heterocycles. The number of carboxylic acid groups (broad SMARTS) is 1. The number of halogens is 2. The van der Waals surface area contributed by atoms with Crippen LogP contribution in [0.3, 0.4) is 0 Å². The van der Waals surface area contributed by atoms with Gasteiger partial charge < -0.3 is 26.4 Å². The van der Waals surface area contributed by atoms with Crippen molar-refractivity contribution in [2.45, 2.75) is 25.9 Å². The standard InChI is InChI=1S/C22H24F2N6O2S/c1-12-7-13(28-22(31)32)11-30(10-12)18-5-6-26-8-16(18)27-9-17-20(25)33-21(29-17)19-14(23)3-2-4-15(19)24/h2-6,8,12-13,27-28H,7,9-11,25H2,1H3,(H,31,32)/t12-,13+/m1/s1. The Balaban J connectivity index is 1.53. The van der Waals surface area contributed by atoms with Crippen LogP contribution in [0.4, 0.5) is 30.0 Å². The molecule has 1 aliphatic heterocycles. The third-order valence-corrected chi connectivity index (χ3v) is 6.42. The smallest absolute Gasteiger partial charge is 0.404 e. The van der Waals surface area contributed by atoms with Gasteiger partial charge in [0.1, 0.15) is 21.6 Å². The number of hydrogen-bond donors (Lipinski definition) is 4. The molecule has 0 bridgehead atoms. The average Bonchev–Trinajstić information content (AvgIpc) is 3.11. The molecule has 0 spiro atoms. The lowest BCUT2D eigenvalue weighted by molar-refractivity contribution is 0.186. The van der Waals surface area contributed by atoms with Crippen LogP contribution in [0.1, 0.15) is 19.0 Å². The van der Waals surface area contributed by atoms with E-state index in [2.05, 4.69) is 32.4 Å². The van der Waals surface area contributed by atoms with Crippen molar-refractivity contribution >= 4 is 33.8 Å². The minimum atomic E-state index is -1.04. The largest absolute Gasteiger partial charge is 0.465 e. The highest BCUT2D eigenvalue weighted by molar-refractivity contribution is 7.18. The highest BCUT2D eigenvalue weighted by atomic mass is 32.1. The second kappa shape index (κ2) is 9.57. The molecule has 1 amide bonds. The molecule has 8 nitrogen and oxygen atoms in total. The molecule has 3 aromatic rings. The fraction of sp³-hybridized carbons (Fsp3) is 0.318. The van der Waals surface area contributed by atoms with E-state index in [0.717, 1.165) is 35.7 Å². The molecular weight excluding hydrogens is 450 g/mol. The molecule has 2 aromatic heterocycles. The number of rotatable bonds is 6. The van der Waals surface area contributed by atoms with Gasteiger partial charge in [-0.15, -0.1) is 0 Å². The van der Waals surface area contributed by atoms with Crippen molar-refractivity contribution in [2.24, 2.45) is 5.92 Å². The van der Waals surface area contributed by atoms with Crippen molar-refractivity contribution in [3.63, 3.8) is 0 Å². The molecule has 4 rings (SSSR count). The SMILES string of the molecule is C[C@@H]1C[C@H](NC(=O)O)CN(c2ccncc2NCc2nc(-c3c(F)cccc3F)sc2N)C1. The zero-order chi connectivity index (χ0) is 23.5. The lowest BCUT2D eigenvalue weighted by Crippen LogP contribution is -2.50. The van der Waals surface area contributed by atoms with Crippen LogP contribution in [0.15, 0.2) is 36.7 Å². The maximum absolute atomic E-state index is 14.1. The predicted molar refractivity (Wildman–Crippen MR) is 124 cm³/mol. The van der Waals surface area contributed by atoms with Gasteiger partial charge >= 0.3 is 6.09 Å². The van der Waals surface area contributed by atoms with Crippen molar-refractivity contribution in [2.75, 3.05) is 29.0 Å². The van der Waals surface area contributed by atoms with Crippen LogP contribution >= 0.6 is 11.3 Å². The molecule has 0 radical (unpaired) electrons. The van der Waals surface area contributed by atoms with Gasteiger partial charge in [-0.05, 0) is 30.5 Å². The third-order valence-electron chi connectivity index (χ3n) is 5.48. The quantitative estimate of drug-likeness (QED) is 0.424. The van der Waals surface area contributed by atoms with Crippen LogP contribution in [0.5, 0.6) is 0 Å². The summed E-state index contributed by atoms with van der Waals surface area (Å²) in [6.45, 7) is 3.62. The predicted octanol–water partition coefficient (Wildman–Crippen LogP) is 4.16. The summed E-state index contributed by atoms with van der Waals surface area (Å²) in [6.07, 6.45) is 3.08. The summed E-state index contributed by atoms with van der Waals surface area (Å²) < 4.78 is 28.3. The molecule has 2 atom stereocenters. The Hall–Kier alpha value is -3.47. The number of nitrogens with zero attached hydrogens (tertiary/aromatic N) is 3. The number of carbonyl (C=O) groups is 1. The van der Waals surface area contributed by atoms with Crippen LogP contribution in [0.25, 0.3) is 10.6 Å². The fourth-order valence-electron chi connectivity index (χ4n) is 4.10. The number of hydrogen-bond acceptors (Lipinski definition) is 7. The van der Waals surface area contributed by atoms with Crippen LogP contribution in [0, 0.1) is 17.6 Å². The van der Waals surface area contributed by atoms with E-state index in [1.807, 2.05) is 6.07 Å². The number of thiazole rings is 1. The molecule has 1 saturated heterocycles. The molecule has 11 heteroatoms. The monoisotopic (exact) mass is 474 g/mol. The van der Waals surface area contributed by atoms with Crippen molar-refractivity contribution in [1.29, 1.82) is 0 Å². The second-order valence-corrected chi connectivity index (χ2v) is 9.10. The number of amides is 1. The van der Waals surface area contributed by atoms with Gasteiger partial charge in [0.15, 0.2) is 0 Å². The summed E-state index contributed by atoms with van der Waals surface area (Å²) in [5.41, 5.74) is 7.98. The van der Waals surface area contributed by atoms with E-state index < -0.39 is 17.7 Å². The number of pyridine rings is 1. The topological polar surface area (TPSA) is 116 Å². The summed E-state index contributed by atoms with van der Waals surface area (Å²) >= 11 is 1.03. The Morgan fingerprint density at radius 3 is 2.79 bits per heavy atom. The first kappa shape index (κ1) is 22.7. The molecular formula is C22H24F2N6O2S. The Morgan fingerprint density at radius 1 is 1.30 bits per heavy atom. The summed E-state index contributed by atoms with van der Waals surface area (Å²) in [6, 6.07) is 5.35. The normalized spacial score (nSPS) is 18.2. The van der Waals surface area contributed by atoms with Gasteiger partial charge in [0.05, 0.1) is 35.4 Å². The molecule has 0 saturated carbocycles. The van der Waals surface area contributed by atoms with E-state index in [0.29, 0.717) is 23.2 Å². The first-order valence-corrected chi connectivity index (χ1v) is 11.2. The van der Waals surface area contributed by atoms with E-state index in [1.165, 1.54) is 18.2 Å². The zero-order valence-corrected chi connectivity index (χ0v) is 18.7.